The molecule has 2 aromatic rings. The number of anilines is 1. The second-order valence-electron chi connectivity index (χ2n) is 10.1. The number of amides is 3. The molecule has 9 nitrogen and oxygen atoms in total. The largest absolute Gasteiger partial charge is 0.394 e. The summed E-state index contributed by atoms with van der Waals surface area (Å²) in [5.74, 6) is 0.526. The number of hydrogen-bond acceptors (Lipinski definition) is 5. The van der Waals surface area contributed by atoms with Crippen LogP contribution in [-0.2, 0) is 16.9 Å². The molecule has 0 spiro atoms. The molecule has 33 heavy (non-hydrogen) atoms. The zero-order valence-corrected chi connectivity index (χ0v) is 20.8. The van der Waals surface area contributed by atoms with E-state index in [0.717, 1.165) is 30.5 Å². The van der Waals surface area contributed by atoms with Crippen LogP contribution in [0.15, 0.2) is 24.4 Å². The summed E-state index contributed by atoms with van der Waals surface area (Å²) in [5.41, 5.74) is 1.55. The Morgan fingerprint density at radius 1 is 1.27 bits per heavy atom. The van der Waals surface area contributed by atoms with Gasteiger partial charge in [-0.15, -0.1) is 0 Å². The van der Waals surface area contributed by atoms with Crippen LogP contribution in [0.2, 0.25) is 0 Å². The number of H-pyrrole nitrogens is 1. The lowest BCUT2D eigenvalue weighted by molar-refractivity contribution is -0.120. The Morgan fingerprint density at radius 3 is 2.55 bits per heavy atom. The van der Waals surface area contributed by atoms with E-state index in [2.05, 4.69) is 44.6 Å². The minimum Gasteiger partial charge on any atom is -0.394 e. The van der Waals surface area contributed by atoms with E-state index in [4.69, 9.17) is 0 Å². The van der Waals surface area contributed by atoms with Crippen LogP contribution in [0.3, 0.4) is 0 Å². The first-order chi connectivity index (χ1) is 15.5. The molecule has 1 aliphatic heterocycles. The molecule has 0 saturated heterocycles. The first-order valence-corrected chi connectivity index (χ1v) is 14.0. The van der Waals surface area contributed by atoms with Crippen LogP contribution >= 0.6 is 10.0 Å². The van der Waals surface area contributed by atoms with Gasteiger partial charge in [-0.1, -0.05) is 6.07 Å². The van der Waals surface area contributed by atoms with Crippen molar-refractivity contribution >= 4 is 27.8 Å². The highest BCUT2D eigenvalue weighted by Crippen LogP contribution is 2.60. The fourth-order valence-corrected chi connectivity index (χ4v) is 6.92. The minimum atomic E-state index is -1.09. The molecular weight excluding hydrogens is 440 g/mol. The quantitative estimate of drug-likeness (QED) is 0.513. The molecule has 4 rings (SSSR count). The van der Waals surface area contributed by atoms with Gasteiger partial charge in [0.05, 0.1) is 40.9 Å². The fourth-order valence-electron chi connectivity index (χ4n) is 4.80. The number of nitrogens with one attached hydrogen (secondary N) is 3. The Hall–Kier alpha value is -2.59. The number of aliphatic hydroxyl groups excluding tert-OH is 1. The van der Waals surface area contributed by atoms with Crippen LogP contribution in [0.4, 0.5) is 10.6 Å². The molecule has 4 N–H and O–H groups in total. The van der Waals surface area contributed by atoms with E-state index in [-0.39, 0.29) is 23.3 Å². The highest BCUT2D eigenvalue weighted by Gasteiger charge is 2.51. The molecule has 1 unspecified atom stereocenters. The summed E-state index contributed by atoms with van der Waals surface area (Å²) in [7, 11) is -1.09. The second-order valence-corrected chi connectivity index (χ2v) is 14.6. The molecule has 0 radical (unpaired) electrons. The third-order valence-electron chi connectivity index (χ3n) is 7.22. The van der Waals surface area contributed by atoms with Crippen molar-refractivity contribution in [3.63, 3.8) is 0 Å². The number of aromatic nitrogens is 3. The summed E-state index contributed by atoms with van der Waals surface area (Å²) in [6.45, 7) is 3.91. The van der Waals surface area contributed by atoms with Crippen LogP contribution < -0.4 is 10.6 Å². The number of nitrogens with zero attached hydrogens (tertiary/aromatic N) is 3. The maximum absolute atomic E-state index is 13.3. The van der Waals surface area contributed by atoms with Crippen molar-refractivity contribution in [1.29, 1.82) is 0 Å². The number of fused-ring (bicyclic) bond motifs is 1. The molecule has 1 saturated carbocycles. The highest BCUT2D eigenvalue weighted by atomic mass is 32.3. The Balaban J connectivity index is 1.52. The van der Waals surface area contributed by atoms with Gasteiger partial charge in [0.1, 0.15) is 0 Å². The predicted octanol–water partition coefficient (Wildman–Crippen LogP) is 2.85. The van der Waals surface area contributed by atoms with Gasteiger partial charge in [-0.25, -0.2) is 14.8 Å². The van der Waals surface area contributed by atoms with Crippen LogP contribution in [0.25, 0.3) is 0 Å². The van der Waals surface area contributed by atoms with Crippen molar-refractivity contribution in [2.45, 2.75) is 56.0 Å². The topological polar surface area (TPSA) is 123 Å². The summed E-state index contributed by atoms with van der Waals surface area (Å²) in [5, 5.41) is 23.2. The molecule has 1 fully saturated rings. The van der Waals surface area contributed by atoms with E-state index in [1.54, 1.807) is 23.2 Å². The van der Waals surface area contributed by atoms with Gasteiger partial charge in [0.15, 0.2) is 5.82 Å². The third-order valence-corrected chi connectivity index (χ3v) is 10.2. The van der Waals surface area contributed by atoms with Crippen molar-refractivity contribution in [2.24, 2.45) is 0 Å². The SMILES string of the molecule is CC1(C)c2[nH]nc(NC(=O)C3(S(C)(C)C)CCC3)c2CN1C(=O)NC(CO)c1ccccn1. The number of carbonyl (C=O) groups excluding carboxylic acids is 2. The average Bonchev–Trinajstić information content (AvgIpc) is 3.23. The van der Waals surface area contributed by atoms with Crippen molar-refractivity contribution in [1.82, 2.24) is 25.4 Å². The Morgan fingerprint density at radius 2 is 2.00 bits per heavy atom. The fraction of sp³-hybridized carbons (Fsp3) is 0.565. The zero-order chi connectivity index (χ0) is 24.0. The Labute approximate surface area is 196 Å². The van der Waals surface area contributed by atoms with Gasteiger partial charge < -0.3 is 20.6 Å². The molecule has 10 heteroatoms. The van der Waals surface area contributed by atoms with Crippen LogP contribution in [0.5, 0.6) is 0 Å². The van der Waals surface area contributed by atoms with E-state index in [9.17, 15) is 14.7 Å². The second kappa shape index (κ2) is 8.32. The van der Waals surface area contributed by atoms with E-state index < -0.39 is 21.6 Å². The molecule has 0 aromatic carbocycles. The standard InChI is InChI=1S/C23H34N6O3S/c1-22(2)18-15(13-29(22)21(32)25-17(14-30)16-9-6-7-12-24-16)19(28-27-18)26-20(31)23(10-8-11-23)33(3,4)5/h6-7,9,12,17,30H,8,10-11,13-14H2,1-5H3,(H,25,32)(H2,26,27,28,31). The maximum atomic E-state index is 13.3. The summed E-state index contributed by atoms with van der Waals surface area (Å²) >= 11 is 0. The summed E-state index contributed by atoms with van der Waals surface area (Å²) in [6.07, 6.45) is 11.1. The van der Waals surface area contributed by atoms with E-state index in [1.807, 2.05) is 19.9 Å². The number of rotatable bonds is 6. The van der Waals surface area contributed by atoms with Gasteiger partial charge in [0.2, 0.25) is 5.91 Å². The highest BCUT2D eigenvalue weighted by molar-refractivity contribution is 8.33. The number of aliphatic hydroxyl groups is 1. The lowest BCUT2D eigenvalue weighted by Crippen LogP contribution is -2.51. The zero-order valence-electron chi connectivity index (χ0n) is 19.9. The predicted molar refractivity (Wildman–Crippen MR) is 130 cm³/mol. The minimum absolute atomic E-state index is 0.0294. The lowest BCUT2D eigenvalue weighted by atomic mass is 9.83. The van der Waals surface area contributed by atoms with Crippen molar-refractivity contribution in [3.05, 3.63) is 41.3 Å². The van der Waals surface area contributed by atoms with Crippen molar-refractivity contribution < 1.29 is 14.7 Å². The van der Waals surface area contributed by atoms with Crippen LogP contribution in [0.1, 0.15) is 56.1 Å². The molecule has 180 valence electrons. The number of hydrogen-bond donors (Lipinski definition) is 4. The molecular formula is C23H34N6O3S. The van der Waals surface area contributed by atoms with Gasteiger partial charge in [-0.2, -0.15) is 5.10 Å². The first-order valence-electron chi connectivity index (χ1n) is 11.2. The van der Waals surface area contributed by atoms with Crippen LogP contribution in [0, 0.1) is 0 Å². The molecule has 1 aliphatic carbocycles. The number of carbonyl (C=O) groups is 2. The van der Waals surface area contributed by atoms with Crippen molar-refractivity contribution in [3.8, 4) is 0 Å². The number of pyridine rings is 1. The molecule has 1 atom stereocenters. The smallest absolute Gasteiger partial charge is 0.319 e. The van der Waals surface area contributed by atoms with E-state index in [1.165, 1.54) is 0 Å². The molecule has 0 bridgehead atoms. The first kappa shape index (κ1) is 23.6. The van der Waals surface area contributed by atoms with Gasteiger partial charge in [0, 0.05) is 11.8 Å². The van der Waals surface area contributed by atoms with Gasteiger partial charge in [0.25, 0.3) is 0 Å². The lowest BCUT2D eigenvalue weighted by Gasteiger charge is -2.53. The number of aromatic amines is 1. The summed E-state index contributed by atoms with van der Waals surface area (Å²) in [4.78, 5) is 32.4. The molecule has 2 aromatic heterocycles. The summed E-state index contributed by atoms with van der Waals surface area (Å²) in [6, 6.07) is 4.44. The van der Waals surface area contributed by atoms with E-state index in [0.29, 0.717) is 18.1 Å². The molecule has 3 heterocycles. The maximum Gasteiger partial charge on any atom is 0.319 e. The number of urea groups is 1. The average molecular weight is 475 g/mol. The molecule has 3 amide bonds. The van der Waals surface area contributed by atoms with Gasteiger partial charge in [-0.3, -0.25) is 14.9 Å². The van der Waals surface area contributed by atoms with E-state index >= 15 is 0 Å². The third kappa shape index (κ3) is 3.89. The monoisotopic (exact) mass is 474 g/mol. The van der Waals surface area contributed by atoms with Crippen molar-refractivity contribution in [2.75, 3.05) is 30.7 Å². The van der Waals surface area contributed by atoms with Gasteiger partial charge in [-0.05, 0) is 64.0 Å². The normalized spacial score (nSPS) is 19.9. The Bertz CT molecular complexity index is 1040. The van der Waals surface area contributed by atoms with Gasteiger partial charge >= 0.3 is 6.03 Å². The molecule has 2 aliphatic rings. The Kier molecular flexibility index (Phi) is 5.94. The summed E-state index contributed by atoms with van der Waals surface area (Å²) < 4.78 is -0.318. The van der Waals surface area contributed by atoms with Crippen LogP contribution in [-0.4, -0.2) is 67.2 Å².